The van der Waals surface area contributed by atoms with E-state index in [0.717, 1.165) is 3.57 Å². The van der Waals surface area contributed by atoms with E-state index >= 15 is 0 Å². The summed E-state index contributed by atoms with van der Waals surface area (Å²) < 4.78 is 30.1. The van der Waals surface area contributed by atoms with Gasteiger partial charge in [0, 0.05) is 15.1 Å². The molecule has 21 heavy (non-hydrogen) atoms. The van der Waals surface area contributed by atoms with E-state index < -0.39 is 10.0 Å². The van der Waals surface area contributed by atoms with Crippen molar-refractivity contribution in [3.8, 4) is 0 Å². The van der Waals surface area contributed by atoms with Crippen molar-refractivity contribution in [2.24, 2.45) is 5.84 Å². The number of anilines is 2. The number of nitrogens with zero attached hydrogens (tertiary/aromatic N) is 2. The second-order valence-electron chi connectivity index (χ2n) is 4.05. The number of sulfonamides is 1. The number of benzene rings is 1. The molecular weight excluding hydrogens is 425 g/mol. The van der Waals surface area contributed by atoms with Crippen LogP contribution in [0.2, 0.25) is 0 Å². The van der Waals surface area contributed by atoms with E-state index in [1.54, 1.807) is 23.7 Å². The summed E-state index contributed by atoms with van der Waals surface area (Å²) in [6.45, 7) is 0. The first kappa shape index (κ1) is 14.6. The summed E-state index contributed by atoms with van der Waals surface area (Å²) in [6, 6.07) is 7.11. The lowest BCUT2D eigenvalue weighted by Crippen LogP contribution is -2.19. The van der Waals surface area contributed by atoms with E-state index in [4.69, 9.17) is 5.84 Å². The van der Waals surface area contributed by atoms with Crippen LogP contribution in [0, 0.1) is 3.57 Å². The number of thiazole rings is 1. The van der Waals surface area contributed by atoms with E-state index in [1.165, 1.54) is 15.7 Å². The Morgan fingerprint density at radius 1 is 1.33 bits per heavy atom. The highest BCUT2D eigenvalue weighted by atomic mass is 127. The maximum absolute atomic E-state index is 12.6. The number of para-hydroxylation sites is 1. The molecule has 110 valence electrons. The van der Waals surface area contributed by atoms with E-state index in [9.17, 15) is 8.42 Å². The molecule has 0 amide bonds. The van der Waals surface area contributed by atoms with E-state index in [1.807, 2.05) is 12.1 Å². The smallest absolute Gasteiger partial charge is 0.281 e. The third kappa shape index (κ3) is 2.59. The fourth-order valence-electron chi connectivity index (χ4n) is 1.85. The number of halogens is 1. The van der Waals surface area contributed by atoms with Crippen LogP contribution < -0.4 is 16.0 Å². The van der Waals surface area contributed by atoms with Crippen LogP contribution in [0.1, 0.15) is 0 Å². The molecule has 0 atom stereocenters. The predicted octanol–water partition coefficient (Wildman–Crippen LogP) is 2.09. The van der Waals surface area contributed by atoms with Crippen molar-refractivity contribution in [3.63, 3.8) is 0 Å². The molecule has 0 unspecified atom stereocenters. The van der Waals surface area contributed by atoms with Gasteiger partial charge >= 0.3 is 0 Å². The summed E-state index contributed by atoms with van der Waals surface area (Å²) >= 11 is 3.39. The maximum Gasteiger partial charge on any atom is 0.281 e. The van der Waals surface area contributed by atoms with Crippen LogP contribution in [-0.4, -0.2) is 17.8 Å². The van der Waals surface area contributed by atoms with E-state index in [-0.39, 0.29) is 10.8 Å². The minimum absolute atomic E-state index is 0.0131. The molecule has 0 bridgehead atoms. The average Bonchev–Trinajstić information content (AvgIpc) is 3.00. The molecule has 2 heterocycles. The minimum Gasteiger partial charge on any atom is -0.306 e. The van der Waals surface area contributed by atoms with Crippen molar-refractivity contribution < 1.29 is 8.42 Å². The van der Waals surface area contributed by atoms with Crippen LogP contribution in [0.25, 0.3) is 4.96 Å². The molecule has 0 saturated carbocycles. The molecular formula is C11H10IN5O2S2. The van der Waals surface area contributed by atoms with Crippen LogP contribution in [0.15, 0.2) is 40.9 Å². The Morgan fingerprint density at radius 2 is 2.10 bits per heavy atom. The highest BCUT2D eigenvalue weighted by Gasteiger charge is 2.26. The zero-order valence-corrected chi connectivity index (χ0v) is 14.2. The van der Waals surface area contributed by atoms with Gasteiger partial charge in [-0.15, -0.1) is 11.3 Å². The van der Waals surface area contributed by atoms with Gasteiger partial charge in [-0.25, -0.2) is 5.84 Å². The highest BCUT2D eigenvalue weighted by molar-refractivity contribution is 14.1. The zero-order valence-electron chi connectivity index (χ0n) is 10.4. The van der Waals surface area contributed by atoms with Crippen LogP contribution in [0.5, 0.6) is 0 Å². The van der Waals surface area contributed by atoms with Crippen molar-refractivity contribution in [2.75, 3.05) is 10.1 Å². The molecule has 4 N–H and O–H groups in total. The molecule has 0 fully saturated rings. The average molecular weight is 435 g/mol. The first-order valence-electron chi connectivity index (χ1n) is 5.72. The molecule has 3 rings (SSSR count). The fourth-order valence-corrected chi connectivity index (χ4v) is 4.66. The number of hydrogen-bond acceptors (Lipinski definition) is 6. The molecule has 0 spiro atoms. The molecule has 7 nitrogen and oxygen atoms in total. The number of aromatic nitrogens is 2. The van der Waals surface area contributed by atoms with Crippen LogP contribution in [0.3, 0.4) is 0 Å². The monoisotopic (exact) mass is 435 g/mol. The third-order valence-electron chi connectivity index (χ3n) is 2.73. The Hall–Kier alpha value is -1.37. The Kier molecular flexibility index (Phi) is 3.77. The molecule has 1 aromatic carbocycles. The number of nitrogens with two attached hydrogens (primary N) is 1. The Balaban J connectivity index is 2.12. The lowest BCUT2D eigenvalue weighted by molar-refractivity contribution is 0.597. The van der Waals surface area contributed by atoms with E-state index in [0.29, 0.717) is 10.6 Å². The van der Waals surface area contributed by atoms with Crippen molar-refractivity contribution in [1.29, 1.82) is 0 Å². The maximum atomic E-state index is 12.6. The number of imidazole rings is 1. The normalized spacial score (nSPS) is 11.7. The highest BCUT2D eigenvalue weighted by Crippen LogP contribution is 2.28. The Labute approximate surface area is 138 Å². The molecule has 2 aromatic heterocycles. The van der Waals surface area contributed by atoms with Gasteiger partial charge in [-0.2, -0.15) is 13.4 Å². The first-order chi connectivity index (χ1) is 10.0. The third-order valence-corrected chi connectivity index (χ3v) is 5.81. The standard InChI is InChI=1S/C11H10IN5O2S2/c12-7-3-1-2-4-8(7)16-21(18,19)10-9(15-13)14-11-17(10)5-6-20-11/h1-6,15-16H,13H2. The quantitative estimate of drug-likeness (QED) is 0.331. The number of nitrogens with one attached hydrogen (secondary N) is 2. The second-order valence-corrected chi connectivity index (χ2v) is 7.68. The molecule has 0 aliphatic carbocycles. The Morgan fingerprint density at radius 3 is 2.81 bits per heavy atom. The molecule has 0 radical (unpaired) electrons. The van der Waals surface area contributed by atoms with Gasteiger partial charge in [0.05, 0.1) is 5.69 Å². The minimum atomic E-state index is -3.82. The summed E-state index contributed by atoms with van der Waals surface area (Å²) in [4.78, 5) is 4.69. The fraction of sp³-hybridized carbons (Fsp3) is 0. The molecule has 0 aliphatic heterocycles. The molecule has 0 saturated heterocycles. The summed E-state index contributed by atoms with van der Waals surface area (Å²) in [5, 5.41) is 1.74. The van der Waals surface area contributed by atoms with Crippen molar-refractivity contribution in [3.05, 3.63) is 39.4 Å². The number of hydrazine groups is 1. The van der Waals surface area contributed by atoms with Gasteiger partial charge in [0.15, 0.2) is 10.8 Å². The van der Waals surface area contributed by atoms with Gasteiger partial charge in [-0.1, -0.05) is 12.1 Å². The van der Waals surface area contributed by atoms with Gasteiger partial charge in [0.1, 0.15) is 0 Å². The Bertz CT molecular complexity index is 902. The van der Waals surface area contributed by atoms with Gasteiger partial charge in [-0.05, 0) is 34.7 Å². The first-order valence-corrected chi connectivity index (χ1v) is 9.16. The summed E-state index contributed by atoms with van der Waals surface area (Å²) in [7, 11) is -3.82. The van der Waals surface area contributed by atoms with Crippen molar-refractivity contribution in [1.82, 2.24) is 9.38 Å². The molecule has 10 heteroatoms. The number of fused-ring (bicyclic) bond motifs is 1. The van der Waals surface area contributed by atoms with Gasteiger partial charge in [0.2, 0.25) is 5.03 Å². The van der Waals surface area contributed by atoms with Crippen LogP contribution >= 0.6 is 33.9 Å². The lowest BCUT2D eigenvalue weighted by Gasteiger charge is -2.10. The lowest BCUT2D eigenvalue weighted by atomic mass is 10.3. The summed E-state index contributed by atoms with van der Waals surface area (Å²) in [5.41, 5.74) is 2.84. The summed E-state index contributed by atoms with van der Waals surface area (Å²) in [6.07, 6.45) is 1.64. The van der Waals surface area contributed by atoms with Gasteiger partial charge in [0.25, 0.3) is 10.0 Å². The van der Waals surface area contributed by atoms with Gasteiger partial charge in [-0.3, -0.25) is 9.12 Å². The topological polar surface area (TPSA) is 102 Å². The largest absolute Gasteiger partial charge is 0.306 e. The second kappa shape index (κ2) is 5.44. The van der Waals surface area contributed by atoms with Crippen LogP contribution in [-0.2, 0) is 10.0 Å². The zero-order chi connectivity index (χ0) is 15.0. The van der Waals surface area contributed by atoms with E-state index in [2.05, 4.69) is 37.7 Å². The predicted molar refractivity (Wildman–Crippen MR) is 90.8 cm³/mol. The summed E-state index contributed by atoms with van der Waals surface area (Å²) in [5.74, 6) is 5.49. The number of nitrogen functional groups attached to an aromatic ring is 1. The molecule has 0 aliphatic rings. The van der Waals surface area contributed by atoms with Gasteiger partial charge < -0.3 is 5.43 Å². The number of rotatable bonds is 4. The SMILES string of the molecule is NNc1nc2sccn2c1S(=O)(=O)Nc1ccccc1I. The number of hydrogen-bond donors (Lipinski definition) is 3. The van der Waals surface area contributed by atoms with Crippen molar-refractivity contribution >= 4 is 60.4 Å². The van der Waals surface area contributed by atoms with Crippen LogP contribution in [0.4, 0.5) is 11.5 Å². The van der Waals surface area contributed by atoms with Crippen molar-refractivity contribution in [2.45, 2.75) is 5.03 Å². The molecule has 3 aromatic rings.